The Morgan fingerprint density at radius 2 is 1.38 bits per heavy atom. The third kappa shape index (κ3) is 2.99. The second-order valence-electron chi connectivity index (χ2n) is 12.3. The predicted molar refractivity (Wildman–Crippen MR) is 143 cm³/mol. The average Bonchev–Trinajstić information content (AvgIpc) is 3.33. The lowest BCUT2D eigenvalue weighted by atomic mass is 9.66. The van der Waals surface area contributed by atoms with E-state index in [1.807, 2.05) is 0 Å². The van der Waals surface area contributed by atoms with Crippen molar-refractivity contribution >= 4 is 24.5 Å². The van der Waals surface area contributed by atoms with E-state index in [2.05, 4.69) is 115 Å². The largest absolute Gasteiger partial charge is 0.403 e. The van der Waals surface area contributed by atoms with Crippen LogP contribution in [-0.2, 0) is 9.22 Å². The normalized spacial score (nSPS) is 30.7. The maximum atomic E-state index is 13.9. The fourth-order valence-corrected chi connectivity index (χ4v) is 12.2. The van der Waals surface area contributed by atoms with Crippen molar-refractivity contribution in [3.63, 3.8) is 0 Å². The zero-order chi connectivity index (χ0) is 24.5. The molecule has 0 N–H and O–H groups in total. The van der Waals surface area contributed by atoms with Gasteiger partial charge in [0.15, 0.2) is 5.78 Å². The molecule has 3 aliphatic rings. The molecule has 0 amide bonds. The third-order valence-corrected chi connectivity index (χ3v) is 14.6. The van der Waals surface area contributed by atoms with Gasteiger partial charge in [-0.2, -0.15) is 0 Å². The highest BCUT2D eigenvalue weighted by Crippen LogP contribution is 2.71. The highest BCUT2D eigenvalue weighted by Gasteiger charge is 2.66. The Bertz CT molecular complexity index is 1150. The van der Waals surface area contributed by atoms with Crippen LogP contribution in [0.25, 0.3) is 0 Å². The molecule has 2 unspecified atom stereocenters. The van der Waals surface area contributed by atoms with Crippen molar-refractivity contribution in [2.24, 2.45) is 22.7 Å². The molecular weight excluding hydrogens is 432 g/mol. The SMILES string of the molecule is CC1=C(C)C2(C)CC1(C)[C@@H]1C=C(CO[Si](c3ccccc3)(c3ccccc3)C(C)(C)C)C(=O)[C@@H]12. The van der Waals surface area contributed by atoms with Gasteiger partial charge in [-0.05, 0) is 52.4 Å². The van der Waals surface area contributed by atoms with Crippen LogP contribution in [0.4, 0.5) is 0 Å². The Labute approximate surface area is 206 Å². The van der Waals surface area contributed by atoms with Crippen molar-refractivity contribution in [2.75, 3.05) is 6.61 Å². The summed E-state index contributed by atoms with van der Waals surface area (Å²) >= 11 is 0. The van der Waals surface area contributed by atoms with Gasteiger partial charge in [-0.25, -0.2) is 0 Å². The molecule has 1 fully saturated rings. The van der Waals surface area contributed by atoms with Gasteiger partial charge in [0.25, 0.3) is 8.32 Å². The summed E-state index contributed by atoms with van der Waals surface area (Å²) in [5.74, 6) is 0.686. The van der Waals surface area contributed by atoms with E-state index >= 15 is 0 Å². The lowest BCUT2D eigenvalue weighted by molar-refractivity contribution is -0.121. The summed E-state index contributed by atoms with van der Waals surface area (Å²) in [6.45, 7) is 16.5. The summed E-state index contributed by atoms with van der Waals surface area (Å²) in [7, 11) is -2.67. The zero-order valence-corrected chi connectivity index (χ0v) is 22.7. The minimum Gasteiger partial charge on any atom is -0.403 e. The minimum absolute atomic E-state index is 0.0176. The van der Waals surface area contributed by atoms with Gasteiger partial charge >= 0.3 is 0 Å². The van der Waals surface area contributed by atoms with Crippen molar-refractivity contribution in [1.82, 2.24) is 0 Å². The number of carbonyl (C=O) groups is 1. The second kappa shape index (κ2) is 7.63. The first kappa shape index (κ1) is 23.5. The summed E-state index contributed by atoms with van der Waals surface area (Å²) in [4.78, 5) is 13.9. The zero-order valence-electron chi connectivity index (χ0n) is 21.7. The van der Waals surface area contributed by atoms with Crippen LogP contribution in [0.1, 0.15) is 54.9 Å². The topological polar surface area (TPSA) is 26.3 Å². The molecule has 3 aliphatic carbocycles. The Kier molecular flexibility index (Phi) is 5.28. The second-order valence-corrected chi connectivity index (χ2v) is 16.6. The van der Waals surface area contributed by atoms with Gasteiger partial charge in [-0.15, -0.1) is 0 Å². The molecule has 2 bridgehead atoms. The molecule has 5 rings (SSSR count). The molecule has 4 atom stereocenters. The standard InChI is InChI=1S/C31H38O2Si/c1-21-22(2)31(7)20-30(21,6)26-18-23(28(32)27(26)31)19-33-34(29(3,4)5,24-14-10-8-11-15-24)25-16-12-9-13-17-25/h8-18,26-27H,19-20H2,1-7H3/t26-,27-,30?,31?/m1/s1. The third-order valence-electron chi connectivity index (χ3n) is 9.63. The fraction of sp³-hybridized carbons (Fsp3) is 0.452. The summed E-state index contributed by atoms with van der Waals surface area (Å²) in [5, 5.41) is 2.42. The van der Waals surface area contributed by atoms with E-state index in [9.17, 15) is 4.79 Å². The highest BCUT2D eigenvalue weighted by atomic mass is 28.4. The molecule has 0 saturated heterocycles. The lowest BCUT2D eigenvalue weighted by Gasteiger charge is -2.43. The maximum Gasteiger partial charge on any atom is 0.261 e. The smallest absolute Gasteiger partial charge is 0.261 e. The molecule has 0 spiro atoms. The predicted octanol–water partition coefficient (Wildman–Crippen LogP) is 6.07. The molecule has 34 heavy (non-hydrogen) atoms. The Morgan fingerprint density at radius 1 is 0.882 bits per heavy atom. The maximum absolute atomic E-state index is 13.9. The Morgan fingerprint density at radius 3 is 1.88 bits per heavy atom. The fourth-order valence-electron chi connectivity index (χ4n) is 7.66. The monoisotopic (exact) mass is 470 g/mol. The van der Waals surface area contributed by atoms with Crippen LogP contribution in [0, 0.1) is 22.7 Å². The number of hydrogen-bond acceptors (Lipinski definition) is 2. The summed E-state index contributed by atoms with van der Waals surface area (Å²) in [6.07, 6.45) is 3.39. The van der Waals surface area contributed by atoms with Crippen LogP contribution in [0.15, 0.2) is 83.5 Å². The lowest BCUT2D eigenvalue weighted by Crippen LogP contribution is -2.66. The molecule has 3 heteroatoms. The summed E-state index contributed by atoms with van der Waals surface area (Å²) < 4.78 is 7.13. The van der Waals surface area contributed by atoms with Gasteiger partial charge in [0.1, 0.15) is 0 Å². The van der Waals surface area contributed by atoms with E-state index < -0.39 is 8.32 Å². The number of ketones is 1. The number of allylic oxidation sites excluding steroid dienone is 3. The minimum atomic E-state index is -2.67. The molecule has 2 nitrogen and oxygen atoms in total. The number of fused-ring (bicyclic) bond motifs is 5. The highest BCUT2D eigenvalue weighted by molar-refractivity contribution is 6.99. The van der Waals surface area contributed by atoms with Gasteiger partial charge in [-0.3, -0.25) is 4.79 Å². The average molecular weight is 471 g/mol. The molecule has 2 aromatic carbocycles. The molecule has 2 aromatic rings. The molecule has 1 saturated carbocycles. The van der Waals surface area contributed by atoms with Gasteiger partial charge in [0.2, 0.25) is 0 Å². The van der Waals surface area contributed by atoms with Crippen LogP contribution in [0.2, 0.25) is 5.04 Å². The Hall–Kier alpha value is -2.23. The first-order valence-electron chi connectivity index (χ1n) is 12.7. The first-order valence-corrected chi connectivity index (χ1v) is 14.6. The van der Waals surface area contributed by atoms with Crippen molar-refractivity contribution < 1.29 is 9.22 Å². The molecule has 0 radical (unpaired) electrons. The van der Waals surface area contributed by atoms with Crippen LogP contribution in [0.5, 0.6) is 0 Å². The summed E-state index contributed by atoms with van der Waals surface area (Å²) in [5.41, 5.74) is 3.90. The van der Waals surface area contributed by atoms with Crippen LogP contribution >= 0.6 is 0 Å². The molecule has 178 valence electrons. The van der Waals surface area contributed by atoms with Gasteiger partial charge in [0.05, 0.1) is 6.61 Å². The van der Waals surface area contributed by atoms with Crippen LogP contribution in [0.3, 0.4) is 0 Å². The molecule has 0 aromatic heterocycles. The number of carbonyl (C=O) groups excluding carboxylic acids is 1. The van der Waals surface area contributed by atoms with Crippen LogP contribution < -0.4 is 10.4 Å². The van der Waals surface area contributed by atoms with Gasteiger partial charge in [-0.1, -0.05) is 113 Å². The van der Waals surface area contributed by atoms with Crippen molar-refractivity contribution in [2.45, 2.75) is 59.9 Å². The van der Waals surface area contributed by atoms with Gasteiger partial charge in [0, 0.05) is 11.5 Å². The quantitative estimate of drug-likeness (QED) is 0.391. The van der Waals surface area contributed by atoms with E-state index in [1.165, 1.54) is 21.5 Å². The van der Waals surface area contributed by atoms with Gasteiger partial charge < -0.3 is 4.43 Å². The summed E-state index contributed by atoms with van der Waals surface area (Å²) in [6, 6.07) is 21.4. The van der Waals surface area contributed by atoms with E-state index in [4.69, 9.17) is 4.43 Å². The van der Waals surface area contributed by atoms with E-state index in [-0.39, 0.29) is 21.8 Å². The number of hydrogen-bond donors (Lipinski definition) is 0. The van der Waals surface area contributed by atoms with E-state index in [1.54, 1.807) is 0 Å². The Balaban J connectivity index is 1.54. The van der Waals surface area contributed by atoms with Crippen molar-refractivity contribution in [3.8, 4) is 0 Å². The van der Waals surface area contributed by atoms with Crippen molar-refractivity contribution in [3.05, 3.63) is 83.5 Å². The molecule has 0 aliphatic heterocycles. The number of rotatable bonds is 5. The molecule has 0 heterocycles. The van der Waals surface area contributed by atoms with E-state index in [0.29, 0.717) is 18.3 Å². The van der Waals surface area contributed by atoms with Crippen LogP contribution in [-0.4, -0.2) is 20.7 Å². The van der Waals surface area contributed by atoms with Crippen molar-refractivity contribution in [1.29, 1.82) is 0 Å². The number of Topliss-reactive ketones (excluding diaryl/α,β-unsaturated/α-hetero) is 1. The molecular formula is C31H38O2Si. The number of benzene rings is 2. The first-order chi connectivity index (χ1) is 16.0. The van der Waals surface area contributed by atoms with E-state index in [0.717, 1.165) is 12.0 Å².